The summed E-state index contributed by atoms with van der Waals surface area (Å²) < 4.78 is 19.0. The Morgan fingerprint density at radius 3 is 2.60 bits per heavy atom. The van der Waals surface area contributed by atoms with E-state index in [2.05, 4.69) is 15.9 Å². The van der Waals surface area contributed by atoms with Crippen molar-refractivity contribution in [1.29, 1.82) is 0 Å². The summed E-state index contributed by atoms with van der Waals surface area (Å²) in [5.41, 5.74) is 0.125. The molecule has 0 saturated heterocycles. The van der Waals surface area contributed by atoms with Gasteiger partial charge in [0, 0.05) is 16.1 Å². The number of phenolic OH excluding ortho intramolecular Hbond substituents is 2. The van der Waals surface area contributed by atoms with E-state index in [1.54, 1.807) is 6.07 Å². The first kappa shape index (κ1) is 14.3. The fraction of sp³-hybridized carbons (Fsp3) is 0.0714. The topological polar surface area (TPSA) is 66.8 Å². The van der Waals surface area contributed by atoms with E-state index in [-0.39, 0.29) is 23.5 Å². The normalized spacial score (nSPS) is 10.3. The van der Waals surface area contributed by atoms with Crippen molar-refractivity contribution in [3.8, 4) is 11.5 Å². The van der Waals surface area contributed by atoms with E-state index in [0.29, 0.717) is 4.47 Å². The van der Waals surface area contributed by atoms with E-state index in [1.807, 2.05) is 0 Å². The Kier molecular flexibility index (Phi) is 4.24. The number of rotatable bonds is 3. The summed E-state index contributed by atoms with van der Waals surface area (Å²) in [6, 6.07) is 7.88. The largest absolute Gasteiger partial charge is 0.508 e. The second-order valence-electron chi connectivity index (χ2n) is 4.01. The minimum absolute atomic E-state index is 0.0969. The van der Waals surface area contributed by atoms with Gasteiger partial charge in [-0.15, -0.1) is 0 Å². The van der Waals surface area contributed by atoms with Crippen LogP contribution in [0.3, 0.4) is 0 Å². The molecule has 0 heterocycles. The Labute approximate surface area is 122 Å². The van der Waals surface area contributed by atoms with Gasteiger partial charge in [-0.1, -0.05) is 22.0 Å². The minimum atomic E-state index is -0.801. The van der Waals surface area contributed by atoms with Crippen molar-refractivity contribution in [1.82, 2.24) is 0 Å². The van der Waals surface area contributed by atoms with Gasteiger partial charge in [-0.25, -0.2) is 9.18 Å². The second-order valence-corrected chi connectivity index (χ2v) is 4.93. The highest BCUT2D eigenvalue weighted by molar-refractivity contribution is 9.10. The number of carbonyl (C=O) groups excluding carboxylic acids is 1. The summed E-state index contributed by atoms with van der Waals surface area (Å²) in [5, 5.41) is 18.6. The molecule has 4 nitrogen and oxygen atoms in total. The molecule has 6 heteroatoms. The first-order valence-corrected chi connectivity index (χ1v) is 6.39. The van der Waals surface area contributed by atoms with Crippen LogP contribution in [-0.4, -0.2) is 16.2 Å². The lowest BCUT2D eigenvalue weighted by Crippen LogP contribution is -2.06. The molecule has 2 rings (SSSR count). The molecule has 0 spiro atoms. The average Bonchev–Trinajstić information content (AvgIpc) is 2.37. The predicted molar refractivity (Wildman–Crippen MR) is 73.0 cm³/mol. The predicted octanol–water partition coefficient (Wildman–Crippen LogP) is 3.36. The van der Waals surface area contributed by atoms with Crippen LogP contribution in [-0.2, 0) is 11.3 Å². The molecule has 0 saturated carbocycles. The highest BCUT2D eigenvalue weighted by Gasteiger charge is 2.14. The number of hydrogen-bond acceptors (Lipinski definition) is 4. The Morgan fingerprint density at radius 1 is 1.20 bits per heavy atom. The van der Waals surface area contributed by atoms with Crippen LogP contribution in [0, 0.1) is 5.82 Å². The van der Waals surface area contributed by atoms with Crippen molar-refractivity contribution in [3.63, 3.8) is 0 Å². The molecule has 0 aliphatic carbocycles. The van der Waals surface area contributed by atoms with Crippen molar-refractivity contribution in [2.75, 3.05) is 0 Å². The highest BCUT2D eigenvalue weighted by Crippen LogP contribution is 2.24. The van der Waals surface area contributed by atoms with E-state index in [4.69, 9.17) is 9.84 Å². The van der Waals surface area contributed by atoms with Crippen LogP contribution in [0.1, 0.15) is 15.9 Å². The van der Waals surface area contributed by atoms with Gasteiger partial charge >= 0.3 is 5.97 Å². The fourth-order valence-electron chi connectivity index (χ4n) is 1.55. The monoisotopic (exact) mass is 340 g/mol. The third-order valence-electron chi connectivity index (χ3n) is 2.58. The van der Waals surface area contributed by atoms with Crippen LogP contribution >= 0.6 is 15.9 Å². The van der Waals surface area contributed by atoms with Gasteiger partial charge in [0.1, 0.15) is 29.5 Å². The summed E-state index contributed by atoms with van der Waals surface area (Å²) in [6.45, 7) is -0.252. The molecule has 0 unspecified atom stereocenters. The Hall–Kier alpha value is -2.08. The van der Waals surface area contributed by atoms with E-state index >= 15 is 0 Å². The van der Waals surface area contributed by atoms with Crippen molar-refractivity contribution in [2.45, 2.75) is 6.61 Å². The maximum atomic E-state index is 13.5. The van der Waals surface area contributed by atoms with Crippen molar-refractivity contribution in [3.05, 3.63) is 57.8 Å². The summed E-state index contributed by atoms with van der Waals surface area (Å²) in [4.78, 5) is 11.7. The maximum Gasteiger partial charge on any atom is 0.342 e. The zero-order valence-electron chi connectivity index (χ0n) is 10.1. The van der Waals surface area contributed by atoms with E-state index in [0.717, 1.165) is 6.07 Å². The van der Waals surface area contributed by atoms with Crippen LogP contribution in [0.25, 0.3) is 0 Å². The van der Waals surface area contributed by atoms with Gasteiger partial charge in [-0.2, -0.15) is 0 Å². The molecular weight excluding hydrogens is 331 g/mol. The van der Waals surface area contributed by atoms with Crippen molar-refractivity contribution < 1.29 is 24.1 Å². The van der Waals surface area contributed by atoms with Crippen molar-refractivity contribution >= 4 is 21.9 Å². The second kappa shape index (κ2) is 5.92. The molecule has 2 aromatic carbocycles. The number of benzene rings is 2. The molecule has 104 valence electrons. The highest BCUT2D eigenvalue weighted by atomic mass is 79.9. The molecule has 0 aliphatic rings. The van der Waals surface area contributed by atoms with Crippen LogP contribution in [0.2, 0.25) is 0 Å². The molecule has 0 aliphatic heterocycles. The smallest absolute Gasteiger partial charge is 0.342 e. The molecule has 0 amide bonds. The van der Waals surface area contributed by atoms with Gasteiger partial charge in [0.25, 0.3) is 0 Å². The molecule has 0 fully saturated rings. The molecule has 20 heavy (non-hydrogen) atoms. The molecule has 0 aromatic heterocycles. The average molecular weight is 341 g/mol. The third-order valence-corrected chi connectivity index (χ3v) is 3.07. The SMILES string of the molecule is O=C(OCc1ccc(Br)cc1F)c1ccc(O)cc1O. The lowest BCUT2D eigenvalue weighted by molar-refractivity contribution is 0.0465. The lowest BCUT2D eigenvalue weighted by Gasteiger charge is -2.07. The summed E-state index contributed by atoms with van der Waals surface area (Å²) in [7, 11) is 0. The first-order chi connectivity index (χ1) is 9.47. The van der Waals surface area contributed by atoms with Crippen LogP contribution < -0.4 is 0 Å². The number of aromatic hydroxyl groups is 2. The van der Waals surface area contributed by atoms with Gasteiger partial charge in [-0.3, -0.25) is 0 Å². The first-order valence-electron chi connectivity index (χ1n) is 5.60. The van der Waals surface area contributed by atoms with Crippen molar-refractivity contribution in [2.24, 2.45) is 0 Å². The van der Waals surface area contributed by atoms with Crippen LogP contribution in [0.4, 0.5) is 4.39 Å². The molecule has 0 atom stereocenters. The van der Waals surface area contributed by atoms with E-state index in [9.17, 15) is 14.3 Å². The quantitative estimate of drug-likeness (QED) is 0.841. The Balaban J connectivity index is 2.08. The van der Waals surface area contributed by atoms with E-state index < -0.39 is 17.5 Å². The van der Waals surface area contributed by atoms with Crippen LogP contribution in [0.5, 0.6) is 11.5 Å². The molecule has 2 aromatic rings. The van der Waals surface area contributed by atoms with E-state index in [1.165, 1.54) is 24.3 Å². The standard InChI is InChI=1S/C14H10BrFO4/c15-9-2-1-8(12(16)5-9)7-20-14(19)11-4-3-10(17)6-13(11)18/h1-6,17-18H,7H2. The summed E-state index contributed by atoms with van der Waals surface area (Å²) >= 11 is 3.12. The molecule has 0 bridgehead atoms. The summed E-state index contributed by atoms with van der Waals surface area (Å²) in [6.07, 6.45) is 0. The number of ether oxygens (including phenoxy) is 1. The van der Waals surface area contributed by atoms with Crippen LogP contribution in [0.15, 0.2) is 40.9 Å². The van der Waals surface area contributed by atoms with Gasteiger partial charge in [0.15, 0.2) is 0 Å². The Morgan fingerprint density at radius 2 is 1.95 bits per heavy atom. The van der Waals surface area contributed by atoms with Gasteiger partial charge in [0.2, 0.25) is 0 Å². The minimum Gasteiger partial charge on any atom is -0.508 e. The van der Waals surface area contributed by atoms with Gasteiger partial charge < -0.3 is 14.9 Å². The zero-order valence-corrected chi connectivity index (χ0v) is 11.7. The number of phenols is 2. The molecule has 0 radical (unpaired) electrons. The molecular formula is C14H10BrFO4. The van der Waals surface area contributed by atoms with Gasteiger partial charge in [0.05, 0.1) is 0 Å². The lowest BCUT2D eigenvalue weighted by atomic mass is 10.2. The fourth-order valence-corrected chi connectivity index (χ4v) is 1.89. The number of hydrogen-bond donors (Lipinski definition) is 2. The Bertz CT molecular complexity index is 658. The third kappa shape index (κ3) is 3.27. The van der Waals surface area contributed by atoms with Gasteiger partial charge in [-0.05, 0) is 24.3 Å². The summed E-state index contributed by atoms with van der Waals surface area (Å²) in [5.74, 6) is -1.86. The number of halogens is 2. The number of esters is 1. The maximum absolute atomic E-state index is 13.5. The zero-order chi connectivity index (χ0) is 14.7. The molecule has 2 N–H and O–H groups in total. The number of carbonyl (C=O) groups is 1.